The molecule has 164 valence electrons. The molecular weight excluding hydrogens is 407 g/mol. The normalized spacial score (nSPS) is 18.7. The largest absolute Gasteiger partial charge is 0.417 e. The van der Waals surface area contributed by atoms with Crippen molar-refractivity contribution in [3.05, 3.63) is 58.7 Å². The van der Waals surface area contributed by atoms with Crippen LogP contribution in [0.1, 0.15) is 22.3 Å². The summed E-state index contributed by atoms with van der Waals surface area (Å²) in [5.74, 6) is -0.826. The Labute approximate surface area is 179 Å². The van der Waals surface area contributed by atoms with Gasteiger partial charge in [0.25, 0.3) is 0 Å². The van der Waals surface area contributed by atoms with Gasteiger partial charge in [-0.25, -0.2) is 0 Å². The lowest BCUT2D eigenvalue weighted by atomic mass is 9.95. The van der Waals surface area contributed by atoms with E-state index < -0.39 is 23.2 Å². The van der Waals surface area contributed by atoms with Gasteiger partial charge in [0.1, 0.15) is 0 Å². The van der Waals surface area contributed by atoms with Crippen LogP contribution in [0.15, 0.2) is 36.4 Å². The van der Waals surface area contributed by atoms with Crippen molar-refractivity contribution in [3.8, 4) is 6.07 Å². The van der Waals surface area contributed by atoms with Gasteiger partial charge in [-0.15, -0.1) is 0 Å². The van der Waals surface area contributed by atoms with Crippen LogP contribution >= 0.6 is 0 Å². The molecule has 1 fully saturated rings. The third-order valence-electron chi connectivity index (χ3n) is 5.59. The van der Waals surface area contributed by atoms with Crippen molar-refractivity contribution >= 4 is 17.3 Å². The van der Waals surface area contributed by atoms with Crippen molar-refractivity contribution in [2.24, 2.45) is 11.8 Å². The number of nitriles is 1. The average Bonchev–Trinajstić information content (AvgIpc) is 3.13. The van der Waals surface area contributed by atoms with E-state index in [1.54, 1.807) is 11.0 Å². The number of hydrogen-bond acceptors (Lipinski definition) is 4. The first kappa shape index (κ1) is 22.6. The van der Waals surface area contributed by atoms with Gasteiger partial charge in [-0.3, -0.25) is 4.79 Å². The second-order valence-corrected chi connectivity index (χ2v) is 7.87. The number of benzene rings is 2. The minimum Gasteiger partial charge on any atom is -0.384 e. The number of aryl methyl sites for hydroxylation is 2. The Balaban J connectivity index is 1.84. The fraction of sp³-hybridized carbons (Fsp3) is 0.391. The molecule has 1 N–H and O–H groups in total. The molecule has 2 aromatic carbocycles. The summed E-state index contributed by atoms with van der Waals surface area (Å²) < 4.78 is 45.3. The highest BCUT2D eigenvalue weighted by atomic mass is 19.4. The number of alkyl halides is 3. The topological polar surface area (TPSA) is 65.4 Å². The summed E-state index contributed by atoms with van der Waals surface area (Å²) >= 11 is 0. The van der Waals surface area contributed by atoms with Gasteiger partial charge in [0, 0.05) is 37.5 Å². The maximum absolute atomic E-state index is 13.4. The molecule has 0 radical (unpaired) electrons. The first-order chi connectivity index (χ1) is 14.6. The molecule has 31 heavy (non-hydrogen) atoms. The van der Waals surface area contributed by atoms with Crippen LogP contribution in [0.2, 0.25) is 0 Å². The van der Waals surface area contributed by atoms with Crippen LogP contribution in [0, 0.1) is 37.0 Å². The number of halogens is 3. The number of nitrogens with zero attached hydrogens (tertiary/aromatic N) is 2. The van der Waals surface area contributed by atoms with Crippen molar-refractivity contribution in [3.63, 3.8) is 0 Å². The number of anilines is 2. The molecule has 5 nitrogen and oxygen atoms in total. The number of nitrogens with one attached hydrogen (secondary N) is 1. The van der Waals surface area contributed by atoms with Crippen LogP contribution in [0.25, 0.3) is 0 Å². The Morgan fingerprint density at radius 2 is 1.97 bits per heavy atom. The molecule has 1 saturated heterocycles. The molecule has 2 aromatic rings. The Morgan fingerprint density at radius 1 is 1.23 bits per heavy atom. The van der Waals surface area contributed by atoms with Crippen molar-refractivity contribution in [1.82, 2.24) is 0 Å². The summed E-state index contributed by atoms with van der Waals surface area (Å²) in [4.78, 5) is 14.8. The summed E-state index contributed by atoms with van der Waals surface area (Å²) in [6.45, 7) is 4.82. The summed E-state index contributed by atoms with van der Waals surface area (Å²) in [5, 5.41) is 12.0. The van der Waals surface area contributed by atoms with Gasteiger partial charge in [-0.2, -0.15) is 18.4 Å². The average molecular weight is 431 g/mol. The zero-order chi connectivity index (χ0) is 22.8. The van der Waals surface area contributed by atoms with Crippen molar-refractivity contribution in [2.75, 3.05) is 37.0 Å². The number of methoxy groups -OCH3 is 1. The number of carbonyl (C=O) groups excluding carboxylic acids is 1. The standard InChI is InChI=1S/C23H24F3N3O2/c1-14-4-7-21(15(2)8-14)28-22(30)19-12-29(11-17(19)13-31-3)18-6-5-16(10-27)20(9-18)23(24,25)26/h4-9,17,19H,11-13H2,1-3H3,(H,28,30). The van der Waals surface area contributed by atoms with Crippen LogP contribution in [0.4, 0.5) is 24.5 Å². The van der Waals surface area contributed by atoms with Crippen LogP contribution in [0.3, 0.4) is 0 Å². The Bertz CT molecular complexity index is 1010. The second kappa shape index (κ2) is 8.98. The highest BCUT2D eigenvalue weighted by Gasteiger charge is 2.39. The second-order valence-electron chi connectivity index (χ2n) is 7.87. The molecule has 0 bridgehead atoms. The van der Waals surface area contributed by atoms with E-state index in [4.69, 9.17) is 10.00 Å². The molecule has 0 aromatic heterocycles. The molecule has 0 saturated carbocycles. The zero-order valence-corrected chi connectivity index (χ0v) is 17.6. The highest BCUT2D eigenvalue weighted by Crippen LogP contribution is 2.37. The minimum atomic E-state index is -4.63. The molecule has 0 spiro atoms. The van der Waals surface area contributed by atoms with E-state index in [1.165, 1.54) is 19.2 Å². The van der Waals surface area contributed by atoms with E-state index in [-0.39, 0.29) is 18.4 Å². The van der Waals surface area contributed by atoms with E-state index in [0.29, 0.717) is 24.5 Å². The van der Waals surface area contributed by atoms with Gasteiger partial charge in [-0.1, -0.05) is 17.7 Å². The van der Waals surface area contributed by atoms with E-state index in [9.17, 15) is 18.0 Å². The number of rotatable bonds is 5. The molecule has 1 amide bonds. The first-order valence-electron chi connectivity index (χ1n) is 9.87. The minimum absolute atomic E-state index is 0.180. The first-order valence-corrected chi connectivity index (χ1v) is 9.87. The predicted octanol–water partition coefficient (Wildman–Crippen LogP) is 4.53. The number of hydrogen-bond donors (Lipinski definition) is 1. The van der Waals surface area contributed by atoms with E-state index >= 15 is 0 Å². The molecule has 3 rings (SSSR count). The highest BCUT2D eigenvalue weighted by molar-refractivity contribution is 5.94. The molecule has 1 heterocycles. The number of amides is 1. The Hall–Kier alpha value is -3.05. The summed E-state index contributed by atoms with van der Waals surface area (Å²) in [6.07, 6.45) is -4.63. The summed E-state index contributed by atoms with van der Waals surface area (Å²) in [7, 11) is 1.53. The van der Waals surface area contributed by atoms with Gasteiger partial charge in [0.05, 0.1) is 29.7 Å². The molecule has 1 aliphatic rings. The fourth-order valence-corrected chi connectivity index (χ4v) is 4.00. The van der Waals surface area contributed by atoms with Gasteiger partial charge < -0.3 is 15.0 Å². The zero-order valence-electron chi connectivity index (χ0n) is 17.6. The van der Waals surface area contributed by atoms with Gasteiger partial charge in [-0.05, 0) is 43.7 Å². The lowest BCUT2D eigenvalue weighted by Gasteiger charge is -2.20. The summed E-state index contributed by atoms with van der Waals surface area (Å²) in [5.41, 5.74) is 1.67. The van der Waals surface area contributed by atoms with Crippen LogP contribution < -0.4 is 10.2 Å². The quantitative estimate of drug-likeness (QED) is 0.756. The third kappa shape index (κ3) is 5.00. The smallest absolute Gasteiger partial charge is 0.384 e. The lowest BCUT2D eigenvalue weighted by Crippen LogP contribution is -2.31. The van der Waals surface area contributed by atoms with E-state index in [2.05, 4.69) is 5.32 Å². The van der Waals surface area contributed by atoms with Crippen molar-refractivity contribution in [2.45, 2.75) is 20.0 Å². The lowest BCUT2D eigenvalue weighted by molar-refractivity contribution is -0.137. The predicted molar refractivity (Wildman–Crippen MR) is 112 cm³/mol. The fourth-order valence-electron chi connectivity index (χ4n) is 4.00. The monoisotopic (exact) mass is 431 g/mol. The van der Waals surface area contributed by atoms with Gasteiger partial charge in [0.2, 0.25) is 5.91 Å². The van der Waals surface area contributed by atoms with Crippen LogP contribution in [0.5, 0.6) is 0 Å². The molecule has 0 aliphatic carbocycles. The molecule has 2 unspecified atom stereocenters. The SMILES string of the molecule is COCC1CN(c2ccc(C#N)c(C(F)(F)F)c2)CC1C(=O)Nc1ccc(C)cc1C. The van der Waals surface area contributed by atoms with Crippen LogP contribution in [-0.2, 0) is 15.7 Å². The molecule has 1 aliphatic heterocycles. The van der Waals surface area contributed by atoms with Crippen LogP contribution in [-0.4, -0.2) is 32.7 Å². The summed E-state index contributed by atoms with van der Waals surface area (Å²) in [6, 6.07) is 11.0. The van der Waals surface area contributed by atoms with Crippen molar-refractivity contribution < 1.29 is 22.7 Å². The number of ether oxygens (including phenoxy) is 1. The van der Waals surface area contributed by atoms with E-state index in [1.807, 2.05) is 32.0 Å². The molecule has 2 atom stereocenters. The third-order valence-corrected chi connectivity index (χ3v) is 5.59. The molecular formula is C23H24F3N3O2. The Morgan fingerprint density at radius 3 is 2.58 bits per heavy atom. The van der Waals surface area contributed by atoms with Gasteiger partial charge in [0.15, 0.2) is 0 Å². The van der Waals surface area contributed by atoms with Gasteiger partial charge >= 0.3 is 6.18 Å². The number of carbonyl (C=O) groups is 1. The Kier molecular flexibility index (Phi) is 6.56. The molecule has 8 heteroatoms. The van der Waals surface area contributed by atoms with Crippen molar-refractivity contribution in [1.29, 1.82) is 5.26 Å². The maximum Gasteiger partial charge on any atom is 0.417 e. The maximum atomic E-state index is 13.4. The van der Waals surface area contributed by atoms with E-state index in [0.717, 1.165) is 17.2 Å².